The quantitative estimate of drug-likeness (QED) is 0.571. The summed E-state index contributed by atoms with van der Waals surface area (Å²) in [5.41, 5.74) is 3.41. The van der Waals surface area contributed by atoms with E-state index in [-0.39, 0.29) is 5.78 Å². The van der Waals surface area contributed by atoms with Gasteiger partial charge in [0.2, 0.25) is 0 Å². The van der Waals surface area contributed by atoms with E-state index >= 15 is 0 Å². The maximum Gasteiger partial charge on any atom is 0.159 e. The SMILES string of the molecule is C/C=C/CN1CCc2cc(C(C)=O)ccc21. The molecule has 2 nitrogen and oxygen atoms in total. The minimum Gasteiger partial charge on any atom is -0.367 e. The molecule has 0 aliphatic carbocycles. The van der Waals surface area contributed by atoms with Gasteiger partial charge in [-0.2, -0.15) is 0 Å². The summed E-state index contributed by atoms with van der Waals surface area (Å²) in [4.78, 5) is 13.6. The van der Waals surface area contributed by atoms with Crippen LogP contribution in [-0.4, -0.2) is 18.9 Å². The number of rotatable bonds is 3. The largest absolute Gasteiger partial charge is 0.367 e. The highest BCUT2D eigenvalue weighted by Gasteiger charge is 2.18. The summed E-state index contributed by atoms with van der Waals surface area (Å²) in [5.74, 6) is 0.148. The van der Waals surface area contributed by atoms with Gasteiger partial charge >= 0.3 is 0 Å². The van der Waals surface area contributed by atoms with Crippen molar-refractivity contribution in [1.82, 2.24) is 0 Å². The van der Waals surface area contributed by atoms with E-state index in [4.69, 9.17) is 0 Å². The fourth-order valence-corrected chi connectivity index (χ4v) is 2.11. The lowest BCUT2D eigenvalue weighted by atomic mass is 10.1. The first-order valence-electron chi connectivity index (χ1n) is 5.72. The van der Waals surface area contributed by atoms with Crippen LogP contribution in [0.2, 0.25) is 0 Å². The van der Waals surface area contributed by atoms with Gasteiger partial charge in [-0.15, -0.1) is 0 Å². The maximum atomic E-state index is 11.3. The lowest BCUT2D eigenvalue weighted by molar-refractivity contribution is 0.101. The second kappa shape index (κ2) is 4.52. The topological polar surface area (TPSA) is 20.3 Å². The van der Waals surface area contributed by atoms with E-state index in [1.54, 1.807) is 6.92 Å². The molecule has 0 saturated heterocycles. The molecule has 1 heterocycles. The number of carbonyl (C=O) groups is 1. The van der Waals surface area contributed by atoms with Crippen LogP contribution in [-0.2, 0) is 6.42 Å². The zero-order chi connectivity index (χ0) is 11.5. The van der Waals surface area contributed by atoms with Gasteiger partial charge < -0.3 is 4.90 Å². The summed E-state index contributed by atoms with van der Waals surface area (Å²) >= 11 is 0. The smallest absolute Gasteiger partial charge is 0.159 e. The number of anilines is 1. The van der Waals surface area contributed by atoms with Crippen molar-refractivity contribution in [3.63, 3.8) is 0 Å². The molecule has 0 N–H and O–H groups in total. The maximum absolute atomic E-state index is 11.3. The molecule has 0 aromatic heterocycles. The Morgan fingerprint density at radius 3 is 3.00 bits per heavy atom. The van der Waals surface area contributed by atoms with Crippen molar-refractivity contribution >= 4 is 11.5 Å². The van der Waals surface area contributed by atoms with Gasteiger partial charge in [0, 0.05) is 24.3 Å². The molecular weight excluding hydrogens is 198 g/mol. The average Bonchev–Trinajstić information content (AvgIpc) is 2.68. The van der Waals surface area contributed by atoms with Gasteiger partial charge in [0.15, 0.2) is 5.78 Å². The molecular formula is C14H17NO. The number of Topliss-reactive ketones (excluding diaryl/α,β-unsaturated/α-hetero) is 1. The van der Waals surface area contributed by atoms with Crippen molar-refractivity contribution in [3.8, 4) is 0 Å². The monoisotopic (exact) mass is 215 g/mol. The van der Waals surface area contributed by atoms with E-state index in [2.05, 4.69) is 23.1 Å². The standard InChI is InChI=1S/C14H17NO/c1-3-4-8-15-9-7-13-10-12(11(2)16)5-6-14(13)15/h3-6,10H,7-9H2,1-2H3/b4-3+. The van der Waals surface area contributed by atoms with Crippen molar-refractivity contribution in [2.75, 3.05) is 18.0 Å². The van der Waals surface area contributed by atoms with E-state index in [0.717, 1.165) is 25.1 Å². The molecule has 1 aromatic rings. The number of allylic oxidation sites excluding steroid dienone is 1. The third-order valence-electron chi connectivity index (χ3n) is 3.04. The molecule has 1 aromatic carbocycles. The third-order valence-corrected chi connectivity index (χ3v) is 3.04. The molecule has 0 atom stereocenters. The van der Waals surface area contributed by atoms with Crippen LogP contribution in [0.5, 0.6) is 0 Å². The normalized spacial score (nSPS) is 14.5. The Labute approximate surface area is 96.6 Å². The molecule has 0 spiro atoms. The van der Waals surface area contributed by atoms with Crippen LogP contribution in [0.1, 0.15) is 29.8 Å². The van der Waals surface area contributed by atoms with Crippen molar-refractivity contribution < 1.29 is 4.79 Å². The van der Waals surface area contributed by atoms with Gasteiger partial charge in [0.25, 0.3) is 0 Å². The Hall–Kier alpha value is -1.57. The summed E-state index contributed by atoms with van der Waals surface area (Å²) in [6.07, 6.45) is 5.28. The Bertz CT molecular complexity index is 434. The van der Waals surface area contributed by atoms with Gasteiger partial charge in [0.05, 0.1) is 0 Å². The molecule has 2 heteroatoms. The van der Waals surface area contributed by atoms with Gasteiger partial charge in [-0.05, 0) is 44.0 Å². The lowest BCUT2D eigenvalue weighted by Crippen LogP contribution is -2.19. The van der Waals surface area contributed by atoms with E-state index in [9.17, 15) is 4.79 Å². The number of hydrogen-bond acceptors (Lipinski definition) is 2. The minimum absolute atomic E-state index is 0.148. The van der Waals surface area contributed by atoms with Crippen LogP contribution in [0.15, 0.2) is 30.4 Å². The molecule has 16 heavy (non-hydrogen) atoms. The van der Waals surface area contributed by atoms with Gasteiger partial charge in [-0.1, -0.05) is 12.2 Å². The first-order chi connectivity index (χ1) is 7.72. The molecule has 0 bridgehead atoms. The minimum atomic E-state index is 0.148. The van der Waals surface area contributed by atoms with Gasteiger partial charge in [-0.25, -0.2) is 0 Å². The second-order valence-corrected chi connectivity index (χ2v) is 4.16. The predicted molar refractivity (Wildman–Crippen MR) is 67.2 cm³/mol. The molecule has 0 fully saturated rings. The van der Waals surface area contributed by atoms with Crippen molar-refractivity contribution in [3.05, 3.63) is 41.5 Å². The second-order valence-electron chi connectivity index (χ2n) is 4.16. The number of fused-ring (bicyclic) bond motifs is 1. The van der Waals surface area contributed by atoms with E-state index in [1.807, 2.05) is 19.1 Å². The summed E-state index contributed by atoms with van der Waals surface area (Å²) in [6.45, 7) is 5.67. The first kappa shape index (κ1) is 10.9. The summed E-state index contributed by atoms with van der Waals surface area (Å²) < 4.78 is 0. The van der Waals surface area contributed by atoms with E-state index < -0.39 is 0 Å². The Morgan fingerprint density at radius 1 is 1.50 bits per heavy atom. The van der Waals surface area contributed by atoms with Crippen molar-refractivity contribution in [1.29, 1.82) is 0 Å². The zero-order valence-corrected chi connectivity index (χ0v) is 9.86. The highest BCUT2D eigenvalue weighted by Crippen LogP contribution is 2.28. The fourth-order valence-electron chi connectivity index (χ4n) is 2.11. The molecule has 0 radical (unpaired) electrons. The van der Waals surface area contributed by atoms with Crippen LogP contribution in [0, 0.1) is 0 Å². The molecule has 0 amide bonds. The van der Waals surface area contributed by atoms with E-state index in [1.165, 1.54) is 11.3 Å². The Kier molecular flexibility index (Phi) is 3.09. The molecule has 84 valence electrons. The zero-order valence-electron chi connectivity index (χ0n) is 9.86. The van der Waals surface area contributed by atoms with Crippen molar-refractivity contribution in [2.45, 2.75) is 20.3 Å². The number of benzene rings is 1. The molecule has 2 rings (SSSR count). The highest BCUT2D eigenvalue weighted by atomic mass is 16.1. The number of nitrogens with zero attached hydrogens (tertiary/aromatic N) is 1. The summed E-state index contributed by atoms with van der Waals surface area (Å²) in [6, 6.07) is 6.03. The predicted octanol–water partition coefficient (Wildman–Crippen LogP) is 2.83. The number of ketones is 1. The van der Waals surface area contributed by atoms with Crippen LogP contribution in [0.4, 0.5) is 5.69 Å². The van der Waals surface area contributed by atoms with Crippen LogP contribution in [0.25, 0.3) is 0 Å². The van der Waals surface area contributed by atoms with Crippen molar-refractivity contribution in [2.24, 2.45) is 0 Å². The number of hydrogen-bond donors (Lipinski definition) is 0. The molecule has 0 unspecified atom stereocenters. The molecule has 1 aliphatic heterocycles. The average molecular weight is 215 g/mol. The summed E-state index contributed by atoms with van der Waals surface area (Å²) in [7, 11) is 0. The third kappa shape index (κ3) is 2.01. The van der Waals surface area contributed by atoms with Gasteiger partial charge in [-0.3, -0.25) is 4.79 Å². The molecule has 1 aliphatic rings. The molecule has 0 saturated carbocycles. The van der Waals surface area contributed by atoms with Gasteiger partial charge in [0.1, 0.15) is 0 Å². The fraction of sp³-hybridized carbons (Fsp3) is 0.357. The van der Waals surface area contributed by atoms with Crippen LogP contribution < -0.4 is 4.90 Å². The Morgan fingerprint density at radius 2 is 2.31 bits per heavy atom. The van der Waals surface area contributed by atoms with Crippen LogP contribution in [0.3, 0.4) is 0 Å². The highest BCUT2D eigenvalue weighted by molar-refractivity contribution is 5.94. The number of carbonyl (C=O) groups excluding carboxylic acids is 1. The van der Waals surface area contributed by atoms with Crippen LogP contribution >= 0.6 is 0 Å². The Balaban J connectivity index is 2.25. The lowest BCUT2D eigenvalue weighted by Gasteiger charge is -2.17. The first-order valence-corrected chi connectivity index (χ1v) is 5.72. The van der Waals surface area contributed by atoms with E-state index in [0.29, 0.717) is 0 Å². The summed E-state index contributed by atoms with van der Waals surface area (Å²) in [5, 5.41) is 0.